The lowest BCUT2D eigenvalue weighted by Crippen LogP contribution is -2.46. The zero-order valence-electron chi connectivity index (χ0n) is 13.6. The second-order valence-electron chi connectivity index (χ2n) is 6.13. The molecular formula is C16H21ClN6O. The molecule has 1 unspecified atom stereocenters. The van der Waals surface area contributed by atoms with Gasteiger partial charge in [0.15, 0.2) is 0 Å². The molecule has 1 aliphatic heterocycles. The van der Waals surface area contributed by atoms with Gasteiger partial charge >= 0.3 is 0 Å². The van der Waals surface area contributed by atoms with Crippen LogP contribution in [0.5, 0.6) is 0 Å². The van der Waals surface area contributed by atoms with Gasteiger partial charge in [-0.05, 0) is 50.9 Å². The van der Waals surface area contributed by atoms with Crippen molar-refractivity contribution in [1.29, 1.82) is 0 Å². The van der Waals surface area contributed by atoms with Gasteiger partial charge in [-0.1, -0.05) is 16.8 Å². The Morgan fingerprint density at radius 3 is 2.83 bits per heavy atom. The van der Waals surface area contributed by atoms with Crippen LogP contribution in [0.15, 0.2) is 30.7 Å². The van der Waals surface area contributed by atoms with E-state index in [-0.39, 0.29) is 11.9 Å². The maximum atomic E-state index is 12.4. The number of nitrogens with zero attached hydrogens (tertiary/aromatic N) is 5. The van der Waals surface area contributed by atoms with E-state index in [9.17, 15) is 4.79 Å². The topological polar surface area (TPSA) is 75.9 Å². The molecule has 2 aromatic heterocycles. The van der Waals surface area contributed by atoms with Crippen LogP contribution in [0.3, 0.4) is 0 Å². The molecule has 8 heteroatoms. The van der Waals surface area contributed by atoms with E-state index in [1.807, 2.05) is 17.8 Å². The number of anilines is 1. The van der Waals surface area contributed by atoms with Crippen molar-refractivity contribution in [1.82, 2.24) is 24.9 Å². The maximum absolute atomic E-state index is 12.4. The lowest BCUT2D eigenvalue weighted by atomic mass is 9.96. The van der Waals surface area contributed by atoms with Gasteiger partial charge in [0.1, 0.15) is 5.82 Å². The van der Waals surface area contributed by atoms with Crippen LogP contribution in [0, 0.1) is 5.92 Å². The second-order valence-corrected chi connectivity index (χ2v) is 6.57. The fourth-order valence-corrected chi connectivity index (χ4v) is 3.08. The van der Waals surface area contributed by atoms with Crippen molar-refractivity contribution < 1.29 is 4.79 Å². The summed E-state index contributed by atoms with van der Waals surface area (Å²) >= 11 is 5.80. The van der Waals surface area contributed by atoms with Crippen LogP contribution >= 0.6 is 11.6 Å². The Morgan fingerprint density at radius 2 is 2.21 bits per heavy atom. The highest BCUT2D eigenvalue weighted by atomic mass is 35.5. The molecule has 1 atom stereocenters. The number of nitrogens with one attached hydrogen (secondary N) is 1. The molecule has 7 nitrogen and oxygen atoms in total. The van der Waals surface area contributed by atoms with E-state index in [2.05, 4.69) is 25.5 Å². The molecule has 0 bridgehead atoms. The smallest absolute Gasteiger partial charge is 0.242 e. The number of likely N-dealkylation sites (tertiary alicyclic amines) is 1. The number of amides is 1. The SMILES string of the molecule is CC(C(=O)Nc1ccc(Cl)cn1)N1CCC(Cn2ccnn2)CC1. The first-order valence-electron chi connectivity index (χ1n) is 8.12. The molecule has 1 fully saturated rings. The summed E-state index contributed by atoms with van der Waals surface area (Å²) in [7, 11) is 0. The zero-order valence-corrected chi connectivity index (χ0v) is 14.4. The van der Waals surface area contributed by atoms with Gasteiger partial charge < -0.3 is 5.32 Å². The number of piperidine rings is 1. The molecular weight excluding hydrogens is 328 g/mol. The number of hydrogen-bond donors (Lipinski definition) is 1. The van der Waals surface area contributed by atoms with Crippen LogP contribution in [0.2, 0.25) is 5.02 Å². The predicted octanol–water partition coefficient (Wildman–Crippen LogP) is 2.07. The fourth-order valence-electron chi connectivity index (χ4n) is 2.96. The summed E-state index contributed by atoms with van der Waals surface area (Å²) in [6.45, 7) is 4.64. The molecule has 128 valence electrons. The molecule has 1 saturated heterocycles. The van der Waals surface area contributed by atoms with Crippen molar-refractivity contribution in [3.8, 4) is 0 Å². The number of rotatable bonds is 5. The van der Waals surface area contributed by atoms with Crippen molar-refractivity contribution in [3.63, 3.8) is 0 Å². The molecule has 3 heterocycles. The lowest BCUT2D eigenvalue weighted by Gasteiger charge is -2.35. The molecule has 2 aromatic rings. The van der Waals surface area contributed by atoms with E-state index in [0.717, 1.165) is 32.5 Å². The Balaban J connectivity index is 1.48. The first kappa shape index (κ1) is 16.9. The quantitative estimate of drug-likeness (QED) is 0.895. The Morgan fingerprint density at radius 1 is 1.42 bits per heavy atom. The second kappa shape index (κ2) is 7.72. The minimum absolute atomic E-state index is 0.0421. The first-order chi connectivity index (χ1) is 11.6. The largest absolute Gasteiger partial charge is 0.309 e. The molecule has 0 aliphatic carbocycles. The van der Waals surface area contributed by atoms with Crippen molar-refractivity contribution in [2.45, 2.75) is 32.4 Å². The van der Waals surface area contributed by atoms with Crippen LogP contribution in [-0.4, -0.2) is 49.9 Å². The average Bonchev–Trinajstić information content (AvgIpc) is 3.10. The molecule has 0 radical (unpaired) electrons. The molecule has 3 rings (SSSR count). The summed E-state index contributed by atoms with van der Waals surface area (Å²) in [5.41, 5.74) is 0. The number of carbonyl (C=O) groups excluding carboxylic acids is 1. The van der Waals surface area contributed by atoms with Crippen molar-refractivity contribution >= 4 is 23.3 Å². The predicted molar refractivity (Wildman–Crippen MR) is 91.7 cm³/mol. The summed E-state index contributed by atoms with van der Waals surface area (Å²) in [6.07, 6.45) is 7.22. The number of carbonyl (C=O) groups is 1. The average molecular weight is 349 g/mol. The van der Waals surface area contributed by atoms with Crippen molar-refractivity contribution in [2.24, 2.45) is 5.92 Å². The number of pyridine rings is 1. The third-order valence-electron chi connectivity index (χ3n) is 4.47. The Labute approximate surface area is 146 Å². The highest BCUT2D eigenvalue weighted by Gasteiger charge is 2.27. The molecule has 0 aromatic carbocycles. The van der Waals surface area contributed by atoms with E-state index >= 15 is 0 Å². The highest BCUT2D eigenvalue weighted by Crippen LogP contribution is 2.21. The molecule has 1 amide bonds. The molecule has 1 aliphatic rings. The number of aromatic nitrogens is 4. The summed E-state index contributed by atoms with van der Waals surface area (Å²) in [6, 6.07) is 3.23. The van der Waals surface area contributed by atoms with Crippen LogP contribution in [0.1, 0.15) is 19.8 Å². The van der Waals surface area contributed by atoms with Gasteiger partial charge in [0.25, 0.3) is 0 Å². The van der Waals surface area contributed by atoms with E-state index < -0.39 is 0 Å². The fraction of sp³-hybridized carbons (Fsp3) is 0.500. The number of hydrogen-bond acceptors (Lipinski definition) is 5. The molecule has 24 heavy (non-hydrogen) atoms. The van der Waals surface area contributed by atoms with Gasteiger partial charge in [0, 0.05) is 18.9 Å². The monoisotopic (exact) mass is 348 g/mol. The third kappa shape index (κ3) is 4.30. The summed E-state index contributed by atoms with van der Waals surface area (Å²) in [5, 5.41) is 11.2. The van der Waals surface area contributed by atoms with Gasteiger partial charge in [-0.3, -0.25) is 14.4 Å². The summed E-state index contributed by atoms with van der Waals surface area (Å²) in [5.74, 6) is 1.06. The van der Waals surface area contributed by atoms with Gasteiger partial charge in [-0.2, -0.15) is 0 Å². The molecule has 1 N–H and O–H groups in total. The van der Waals surface area contributed by atoms with Crippen molar-refractivity contribution in [2.75, 3.05) is 18.4 Å². The van der Waals surface area contributed by atoms with Crippen LogP contribution in [0.25, 0.3) is 0 Å². The summed E-state index contributed by atoms with van der Waals surface area (Å²) < 4.78 is 1.88. The number of halogens is 1. The molecule has 0 spiro atoms. The third-order valence-corrected chi connectivity index (χ3v) is 4.70. The van der Waals surface area contributed by atoms with Gasteiger partial charge in [0.2, 0.25) is 5.91 Å². The van der Waals surface area contributed by atoms with Gasteiger partial charge in [-0.25, -0.2) is 4.98 Å². The standard InChI is InChI=1S/C16H21ClN6O/c1-12(16(24)20-15-3-2-14(17)10-18-15)22-7-4-13(5-8-22)11-23-9-6-19-21-23/h2-3,6,9-10,12-13H,4-5,7-8,11H2,1H3,(H,18,20,24). The maximum Gasteiger partial charge on any atom is 0.242 e. The Bertz CT molecular complexity index is 652. The Kier molecular flexibility index (Phi) is 5.42. The van der Waals surface area contributed by atoms with Gasteiger partial charge in [-0.15, -0.1) is 5.10 Å². The van der Waals surface area contributed by atoms with E-state index in [4.69, 9.17) is 11.6 Å². The lowest BCUT2D eigenvalue weighted by molar-refractivity contribution is -0.121. The van der Waals surface area contributed by atoms with Crippen LogP contribution < -0.4 is 5.32 Å². The van der Waals surface area contributed by atoms with E-state index in [1.165, 1.54) is 6.20 Å². The summed E-state index contributed by atoms with van der Waals surface area (Å²) in [4.78, 5) is 18.7. The highest BCUT2D eigenvalue weighted by molar-refractivity contribution is 6.30. The first-order valence-corrected chi connectivity index (χ1v) is 8.50. The van der Waals surface area contributed by atoms with Crippen LogP contribution in [-0.2, 0) is 11.3 Å². The van der Waals surface area contributed by atoms with Gasteiger partial charge in [0.05, 0.1) is 17.3 Å². The molecule has 0 saturated carbocycles. The van der Waals surface area contributed by atoms with Crippen molar-refractivity contribution in [3.05, 3.63) is 35.7 Å². The minimum Gasteiger partial charge on any atom is -0.309 e. The van der Waals surface area contributed by atoms with Crippen LogP contribution in [0.4, 0.5) is 5.82 Å². The Hall–Kier alpha value is -1.99. The minimum atomic E-state index is -0.185. The zero-order chi connectivity index (χ0) is 16.9. The van der Waals surface area contributed by atoms with E-state index in [0.29, 0.717) is 16.8 Å². The normalized spacial score (nSPS) is 17.6. The van der Waals surface area contributed by atoms with E-state index in [1.54, 1.807) is 18.3 Å².